The molecule has 0 radical (unpaired) electrons. The molecule has 2 amide bonds. The van der Waals surface area contributed by atoms with Gasteiger partial charge in [-0.3, -0.25) is 9.59 Å². The van der Waals surface area contributed by atoms with Gasteiger partial charge in [-0.15, -0.1) is 11.3 Å². The summed E-state index contributed by atoms with van der Waals surface area (Å²) in [6, 6.07) is 24.8. The molecule has 156 valence electrons. The Balaban J connectivity index is 1.44. The van der Waals surface area contributed by atoms with Crippen LogP contribution in [0.4, 0.5) is 17.1 Å². The monoisotopic (exact) mass is 437 g/mol. The molecule has 0 fully saturated rings. The quantitative estimate of drug-likeness (QED) is 0.403. The Labute approximate surface area is 189 Å². The highest BCUT2D eigenvalue weighted by atomic mass is 32.1. The number of benzene rings is 3. The van der Waals surface area contributed by atoms with Gasteiger partial charge in [0, 0.05) is 22.0 Å². The normalized spacial score (nSPS) is 12.9. The van der Waals surface area contributed by atoms with Gasteiger partial charge in [-0.25, -0.2) is 4.99 Å². The lowest BCUT2D eigenvalue weighted by atomic mass is 9.99. The fourth-order valence-electron chi connectivity index (χ4n) is 3.69. The molecule has 5 rings (SSSR count). The number of amides is 2. The minimum absolute atomic E-state index is 0.105. The first-order valence-electron chi connectivity index (χ1n) is 10.2. The molecule has 2 N–H and O–H groups in total. The first-order valence-corrected chi connectivity index (χ1v) is 11.1. The van der Waals surface area contributed by atoms with Gasteiger partial charge in [0.2, 0.25) is 5.91 Å². The molecule has 0 spiro atoms. The van der Waals surface area contributed by atoms with E-state index in [9.17, 15) is 9.59 Å². The van der Waals surface area contributed by atoms with Crippen molar-refractivity contribution < 1.29 is 9.59 Å². The van der Waals surface area contributed by atoms with E-state index in [1.54, 1.807) is 0 Å². The van der Waals surface area contributed by atoms with Crippen molar-refractivity contribution in [2.24, 2.45) is 4.99 Å². The van der Waals surface area contributed by atoms with Gasteiger partial charge in [-0.05, 0) is 34.9 Å². The number of anilines is 2. The van der Waals surface area contributed by atoms with Crippen LogP contribution in [0.5, 0.6) is 0 Å². The van der Waals surface area contributed by atoms with E-state index in [0.717, 1.165) is 28.1 Å². The minimum atomic E-state index is -0.192. The number of nitrogens with one attached hydrogen (secondary N) is 2. The van der Waals surface area contributed by atoms with Gasteiger partial charge in [0.05, 0.1) is 23.5 Å². The summed E-state index contributed by atoms with van der Waals surface area (Å²) in [5, 5.41) is 9.66. The highest BCUT2D eigenvalue weighted by Gasteiger charge is 2.18. The zero-order valence-electron chi connectivity index (χ0n) is 17.0. The summed E-state index contributed by atoms with van der Waals surface area (Å²) in [5.41, 5.74) is 6.05. The zero-order chi connectivity index (χ0) is 21.9. The van der Waals surface area contributed by atoms with Crippen molar-refractivity contribution in [3.63, 3.8) is 0 Å². The molecule has 3 aromatic carbocycles. The second-order valence-electron chi connectivity index (χ2n) is 7.40. The summed E-state index contributed by atoms with van der Waals surface area (Å²) in [7, 11) is 0. The van der Waals surface area contributed by atoms with Crippen LogP contribution >= 0.6 is 11.3 Å². The minimum Gasteiger partial charge on any atom is -0.323 e. The van der Waals surface area contributed by atoms with Crippen LogP contribution in [0.1, 0.15) is 22.3 Å². The Morgan fingerprint density at radius 3 is 2.56 bits per heavy atom. The first-order chi connectivity index (χ1) is 15.7. The number of carbonyl (C=O) groups is 2. The molecule has 1 aliphatic heterocycles. The molecule has 6 heteroatoms. The third-order valence-electron chi connectivity index (χ3n) is 5.21. The number of thiophene rings is 1. The van der Waals surface area contributed by atoms with Crippen molar-refractivity contribution in [1.29, 1.82) is 0 Å². The Hall–Kier alpha value is -4.03. The Morgan fingerprint density at radius 2 is 1.69 bits per heavy atom. The highest BCUT2D eigenvalue weighted by molar-refractivity contribution is 7.09. The van der Waals surface area contributed by atoms with Crippen LogP contribution in [0.2, 0.25) is 0 Å². The Kier molecular flexibility index (Phi) is 5.35. The number of carbonyl (C=O) groups excluding carboxylic acids is 2. The molecule has 0 atom stereocenters. The zero-order valence-corrected chi connectivity index (χ0v) is 17.9. The van der Waals surface area contributed by atoms with Crippen LogP contribution in [0.25, 0.3) is 11.1 Å². The van der Waals surface area contributed by atoms with Gasteiger partial charge in [-0.2, -0.15) is 0 Å². The van der Waals surface area contributed by atoms with Crippen LogP contribution in [-0.2, 0) is 4.79 Å². The Morgan fingerprint density at radius 1 is 0.906 bits per heavy atom. The van der Waals surface area contributed by atoms with E-state index in [1.165, 1.54) is 11.3 Å². The van der Waals surface area contributed by atoms with Crippen molar-refractivity contribution in [2.75, 3.05) is 10.6 Å². The maximum atomic E-state index is 13.1. The van der Waals surface area contributed by atoms with Crippen LogP contribution in [0, 0.1) is 0 Å². The predicted octanol–water partition coefficient (Wildman–Crippen LogP) is 6.13. The van der Waals surface area contributed by atoms with Crippen molar-refractivity contribution >= 4 is 45.9 Å². The maximum Gasteiger partial charge on any atom is 0.256 e. The molecule has 0 unspecified atom stereocenters. The summed E-state index contributed by atoms with van der Waals surface area (Å²) in [4.78, 5) is 30.1. The third kappa shape index (κ3) is 4.08. The summed E-state index contributed by atoms with van der Waals surface area (Å²) >= 11 is 1.49. The summed E-state index contributed by atoms with van der Waals surface area (Å²) in [6.45, 7) is 0. The van der Waals surface area contributed by atoms with Crippen LogP contribution in [0.3, 0.4) is 0 Å². The summed E-state index contributed by atoms with van der Waals surface area (Å²) < 4.78 is 0. The van der Waals surface area contributed by atoms with Crippen molar-refractivity contribution in [3.05, 3.63) is 101 Å². The van der Waals surface area contributed by atoms with Crippen LogP contribution < -0.4 is 10.6 Å². The van der Waals surface area contributed by atoms with E-state index in [1.807, 2.05) is 89.6 Å². The van der Waals surface area contributed by atoms with E-state index >= 15 is 0 Å². The molecule has 0 bridgehead atoms. The first kappa shape index (κ1) is 19.9. The molecule has 4 aromatic rings. The number of aliphatic imine (C=N–C) groups is 1. The van der Waals surface area contributed by atoms with Gasteiger partial charge in [0.15, 0.2) is 0 Å². The van der Waals surface area contributed by atoms with Crippen molar-refractivity contribution in [3.8, 4) is 11.1 Å². The number of hydrogen-bond donors (Lipinski definition) is 2. The van der Waals surface area contributed by atoms with E-state index in [4.69, 9.17) is 0 Å². The largest absolute Gasteiger partial charge is 0.323 e. The molecule has 1 aromatic heterocycles. The number of nitrogens with zero attached hydrogens (tertiary/aromatic N) is 1. The van der Waals surface area contributed by atoms with E-state index < -0.39 is 0 Å². The average molecular weight is 438 g/mol. The number of rotatable bonds is 4. The van der Waals surface area contributed by atoms with Gasteiger partial charge in [0.25, 0.3) is 5.91 Å². The second kappa shape index (κ2) is 8.61. The van der Waals surface area contributed by atoms with Crippen molar-refractivity contribution in [1.82, 2.24) is 0 Å². The standard InChI is InChI=1S/C26H19N3O2S/c30-25-14-22(28-23-15-32-16-24(23)29-25)18-9-6-10-19(13-18)27-26(31)21-12-5-4-11-20(21)17-7-2-1-3-8-17/h1-13,15-16H,14H2,(H,27,31)(H,29,30). The van der Waals surface area contributed by atoms with E-state index in [2.05, 4.69) is 15.6 Å². The molecular formula is C26H19N3O2S. The lowest BCUT2D eigenvalue weighted by molar-refractivity contribution is -0.115. The fraction of sp³-hybridized carbons (Fsp3) is 0.0385. The van der Waals surface area contributed by atoms with Crippen LogP contribution in [-0.4, -0.2) is 17.5 Å². The molecule has 32 heavy (non-hydrogen) atoms. The lowest BCUT2D eigenvalue weighted by Crippen LogP contribution is -2.16. The van der Waals surface area contributed by atoms with Gasteiger partial charge >= 0.3 is 0 Å². The molecule has 5 nitrogen and oxygen atoms in total. The maximum absolute atomic E-state index is 13.1. The Bertz CT molecular complexity index is 1340. The predicted molar refractivity (Wildman–Crippen MR) is 130 cm³/mol. The van der Waals surface area contributed by atoms with Gasteiger partial charge < -0.3 is 10.6 Å². The summed E-state index contributed by atoms with van der Waals surface area (Å²) in [6.07, 6.45) is 0.174. The lowest BCUT2D eigenvalue weighted by Gasteiger charge is -2.12. The van der Waals surface area contributed by atoms with Crippen LogP contribution in [0.15, 0.2) is 94.6 Å². The number of fused-ring (bicyclic) bond motifs is 1. The smallest absolute Gasteiger partial charge is 0.256 e. The molecule has 1 aliphatic rings. The molecule has 0 saturated carbocycles. The SMILES string of the molecule is O=C1CC(c2cccc(NC(=O)c3ccccc3-c3ccccc3)c2)=Nc2cscc2N1. The van der Waals surface area contributed by atoms with Gasteiger partial charge in [0.1, 0.15) is 0 Å². The number of hydrogen-bond acceptors (Lipinski definition) is 4. The second-order valence-corrected chi connectivity index (χ2v) is 8.14. The molecule has 2 heterocycles. The topological polar surface area (TPSA) is 70.6 Å². The molecule has 0 saturated heterocycles. The fourth-order valence-corrected chi connectivity index (χ4v) is 4.39. The van der Waals surface area contributed by atoms with E-state index in [-0.39, 0.29) is 18.2 Å². The highest BCUT2D eigenvalue weighted by Crippen LogP contribution is 2.33. The molecular weight excluding hydrogens is 418 g/mol. The van der Waals surface area contributed by atoms with E-state index in [0.29, 0.717) is 17.0 Å². The van der Waals surface area contributed by atoms with Crippen molar-refractivity contribution in [2.45, 2.75) is 6.42 Å². The van der Waals surface area contributed by atoms with Gasteiger partial charge in [-0.1, -0.05) is 60.7 Å². The average Bonchev–Trinajstić information content (AvgIpc) is 3.18. The summed E-state index contributed by atoms with van der Waals surface area (Å²) in [5.74, 6) is -0.297. The molecule has 0 aliphatic carbocycles. The third-order valence-corrected chi connectivity index (χ3v) is 5.94.